The molecule has 0 aliphatic carbocycles. The highest BCUT2D eigenvalue weighted by Crippen LogP contribution is 2.00. The molecule has 0 radical (unpaired) electrons. The number of methoxy groups -OCH3 is 1. The summed E-state index contributed by atoms with van der Waals surface area (Å²) in [6.07, 6.45) is 0. The molecule has 0 saturated carbocycles. The molecular weight excluding hydrogens is 186 g/mol. The number of carboxylic acids is 1. The number of carbonyl (C=O) groups is 1. The summed E-state index contributed by atoms with van der Waals surface area (Å²) in [5, 5.41) is 11.6. The van der Waals surface area contributed by atoms with E-state index in [0.717, 1.165) is 0 Å². The molecule has 0 unspecified atom stereocenters. The summed E-state index contributed by atoms with van der Waals surface area (Å²) in [7, 11) is 1.61. The largest absolute Gasteiger partial charge is 0.480 e. The molecule has 0 rings (SSSR count). The van der Waals surface area contributed by atoms with E-state index in [1.165, 1.54) is 0 Å². The van der Waals surface area contributed by atoms with E-state index < -0.39 is 11.5 Å². The van der Waals surface area contributed by atoms with Crippen LogP contribution >= 0.6 is 0 Å². The second kappa shape index (κ2) is 6.75. The first-order valence-corrected chi connectivity index (χ1v) is 4.56. The van der Waals surface area contributed by atoms with Crippen LogP contribution in [0.3, 0.4) is 0 Å². The van der Waals surface area contributed by atoms with Crippen molar-refractivity contribution in [3.8, 4) is 0 Å². The lowest BCUT2D eigenvalue weighted by molar-refractivity contribution is -0.143. The fraction of sp³-hybridized carbons (Fsp3) is 0.889. The summed E-state index contributed by atoms with van der Waals surface area (Å²) in [5.74, 6) is -0.866. The summed E-state index contributed by atoms with van der Waals surface area (Å²) in [6.45, 7) is 5.33. The number of hydrogen-bond acceptors (Lipinski definition) is 4. The summed E-state index contributed by atoms with van der Waals surface area (Å²) < 4.78 is 9.96. The maximum absolute atomic E-state index is 10.7. The second-order valence-electron chi connectivity index (χ2n) is 3.46. The zero-order valence-electron chi connectivity index (χ0n) is 9.00. The van der Waals surface area contributed by atoms with Gasteiger partial charge in [0.05, 0.1) is 19.8 Å². The molecule has 0 aromatic carbocycles. The van der Waals surface area contributed by atoms with Crippen LogP contribution in [0.4, 0.5) is 0 Å². The first-order valence-electron chi connectivity index (χ1n) is 4.56. The molecule has 0 atom stereocenters. The molecule has 0 heterocycles. The lowest BCUT2D eigenvalue weighted by Gasteiger charge is -2.20. The average molecular weight is 205 g/mol. The Kier molecular flexibility index (Phi) is 6.44. The van der Waals surface area contributed by atoms with Gasteiger partial charge in [-0.2, -0.15) is 0 Å². The zero-order chi connectivity index (χ0) is 11.0. The maximum atomic E-state index is 10.7. The van der Waals surface area contributed by atoms with E-state index in [0.29, 0.717) is 26.4 Å². The van der Waals surface area contributed by atoms with Crippen LogP contribution < -0.4 is 5.32 Å². The topological polar surface area (TPSA) is 67.8 Å². The minimum absolute atomic E-state index is 0.486. The number of ether oxygens (including phenoxy) is 2. The van der Waals surface area contributed by atoms with Gasteiger partial charge in [-0.25, -0.2) is 0 Å². The van der Waals surface area contributed by atoms with Gasteiger partial charge in [0.15, 0.2) is 0 Å². The van der Waals surface area contributed by atoms with Crippen molar-refractivity contribution in [3.05, 3.63) is 0 Å². The molecule has 0 amide bonds. The van der Waals surface area contributed by atoms with Gasteiger partial charge in [0, 0.05) is 13.7 Å². The van der Waals surface area contributed by atoms with Crippen LogP contribution in [0.15, 0.2) is 0 Å². The molecule has 5 nitrogen and oxygen atoms in total. The van der Waals surface area contributed by atoms with E-state index in [-0.39, 0.29) is 0 Å². The van der Waals surface area contributed by atoms with Crippen molar-refractivity contribution in [2.75, 3.05) is 33.5 Å². The second-order valence-corrected chi connectivity index (χ2v) is 3.46. The quantitative estimate of drug-likeness (QED) is 0.550. The molecule has 0 aliphatic rings. The summed E-state index contributed by atoms with van der Waals surface area (Å²) in [4.78, 5) is 10.7. The molecule has 84 valence electrons. The molecular formula is C9H19NO4. The molecule has 0 aliphatic heterocycles. The minimum Gasteiger partial charge on any atom is -0.480 e. The number of nitrogens with one attached hydrogen (secondary N) is 1. The van der Waals surface area contributed by atoms with Crippen LogP contribution in [0.2, 0.25) is 0 Å². The maximum Gasteiger partial charge on any atom is 0.323 e. The molecule has 0 aromatic heterocycles. The van der Waals surface area contributed by atoms with Gasteiger partial charge >= 0.3 is 5.97 Å². The van der Waals surface area contributed by atoms with E-state index in [1.807, 2.05) is 0 Å². The molecule has 0 fully saturated rings. The summed E-state index contributed by atoms with van der Waals surface area (Å²) in [6, 6.07) is 0. The first kappa shape index (κ1) is 13.4. The molecule has 0 saturated heterocycles. The van der Waals surface area contributed by atoms with Gasteiger partial charge in [-0.1, -0.05) is 0 Å². The molecule has 0 aromatic rings. The lowest BCUT2D eigenvalue weighted by atomic mass is 10.1. The van der Waals surface area contributed by atoms with Crippen molar-refractivity contribution < 1.29 is 19.4 Å². The Morgan fingerprint density at radius 1 is 1.36 bits per heavy atom. The monoisotopic (exact) mass is 205 g/mol. The Morgan fingerprint density at radius 2 is 2.00 bits per heavy atom. The van der Waals surface area contributed by atoms with Gasteiger partial charge in [-0.15, -0.1) is 0 Å². The van der Waals surface area contributed by atoms with Crippen LogP contribution in [0.25, 0.3) is 0 Å². The fourth-order valence-corrected chi connectivity index (χ4v) is 0.756. The van der Waals surface area contributed by atoms with E-state index in [1.54, 1.807) is 21.0 Å². The van der Waals surface area contributed by atoms with Crippen LogP contribution in [0, 0.1) is 0 Å². The molecule has 0 bridgehead atoms. The summed E-state index contributed by atoms with van der Waals surface area (Å²) >= 11 is 0. The van der Waals surface area contributed by atoms with Crippen LogP contribution in [-0.2, 0) is 14.3 Å². The van der Waals surface area contributed by atoms with Crippen LogP contribution in [0.5, 0.6) is 0 Å². The zero-order valence-corrected chi connectivity index (χ0v) is 9.00. The first-order chi connectivity index (χ1) is 6.50. The van der Waals surface area contributed by atoms with Crippen molar-refractivity contribution in [1.29, 1.82) is 0 Å². The highest BCUT2D eigenvalue weighted by Gasteiger charge is 2.25. The third kappa shape index (κ3) is 5.90. The van der Waals surface area contributed by atoms with Crippen molar-refractivity contribution in [2.24, 2.45) is 0 Å². The Balaban J connectivity index is 3.40. The number of carboxylic acid groups (broad SMARTS) is 1. The third-order valence-electron chi connectivity index (χ3n) is 1.78. The lowest BCUT2D eigenvalue weighted by Crippen LogP contribution is -2.47. The fourth-order valence-electron chi connectivity index (χ4n) is 0.756. The number of hydrogen-bond donors (Lipinski definition) is 2. The Bertz CT molecular complexity index is 170. The molecule has 2 N–H and O–H groups in total. The van der Waals surface area contributed by atoms with Crippen molar-refractivity contribution in [3.63, 3.8) is 0 Å². The highest BCUT2D eigenvalue weighted by molar-refractivity contribution is 5.77. The number of aliphatic carboxylic acids is 1. The normalized spacial score (nSPS) is 11.6. The van der Waals surface area contributed by atoms with E-state index in [2.05, 4.69) is 5.32 Å². The molecule has 0 spiro atoms. The number of rotatable bonds is 8. The molecule has 5 heteroatoms. The predicted octanol–water partition coefficient (Wildman–Crippen LogP) is 0.102. The standard InChI is InChI=1S/C9H19NO4/c1-9(2,8(11)12)10-4-5-14-7-6-13-3/h10H,4-7H2,1-3H3,(H,11,12). The summed E-state index contributed by atoms with van der Waals surface area (Å²) in [5.41, 5.74) is -0.898. The SMILES string of the molecule is COCCOCCNC(C)(C)C(=O)O. The van der Waals surface area contributed by atoms with Gasteiger partial charge in [0.25, 0.3) is 0 Å². The van der Waals surface area contributed by atoms with Crippen molar-refractivity contribution in [2.45, 2.75) is 19.4 Å². The molecule has 14 heavy (non-hydrogen) atoms. The highest BCUT2D eigenvalue weighted by atomic mass is 16.5. The van der Waals surface area contributed by atoms with E-state index in [9.17, 15) is 4.79 Å². The Labute approximate surface area is 84.4 Å². The van der Waals surface area contributed by atoms with Gasteiger partial charge < -0.3 is 19.9 Å². The predicted molar refractivity (Wildman–Crippen MR) is 52.4 cm³/mol. The van der Waals surface area contributed by atoms with Crippen LogP contribution in [0.1, 0.15) is 13.8 Å². The van der Waals surface area contributed by atoms with Gasteiger partial charge in [-0.05, 0) is 13.8 Å². The van der Waals surface area contributed by atoms with E-state index in [4.69, 9.17) is 14.6 Å². The van der Waals surface area contributed by atoms with Gasteiger partial charge in [-0.3, -0.25) is 4.79 Å². The van der Waals surface area contributed by atoms with Crippen molar-refractivity contribution >= 4 is 5.97 Å². The smallest absolute Gasteiger partial charge is 0.323 e. The Morgan fingerprint density at radius 3 is 2.50 bits per heavy atom. The third-order valence-corrected chi connectivity index (χ3v) is 1.78. The minimum atomic E-state index is -0.898. The van der Waals surface area contributed by atoms with Gasteiger partial charge in [0.2, 0.25) is 0 Å². The average Bonchev–Trinajstić information content (AvgIpc) is 2.10. The van der Waals surface area contributed by atoms with E-state index >= 15 is 0 Å². The van der Waals surface area contributed by atoms with Crippen LogP contribution in [-0.4, -0.2) is 50.1 Å². The van der Waals surface area contributed by atoms with Gasteiger partial charge in [0.1, 0.15) is 5.54 Å². The Hall–Kier alpha value is -0.650. The van der Waals surface area contributed by atoms with Crippen molar-refractivity contribution in [1.82, 2.24) is 5.32 Å².